The Labute approximate surface area is 270 Å². The normalized spacial score (nSPS) is 11.8. The van der Waals surface area contributed by atoms with Crippen LogP contribution in [0.5, 0.6) is 0 Å². The van der Waals surface area contributed by atoms with E-state index in [-0.39, 0.29) is 0 Å². The van der Waals surface area contributed by atoms with Gasteiger partial charge in [-0.15, -0.1) is 0 Å². The first-order chi connectivity index (χ1) is 23.3. The molecular weight excluding hydrogens is 574 g/mol. The quantitative estimate of drug-likeness (QED) is 0.201. The van der Waals surface area contributed by atoms with Crippen molar-refractivity contribution in [1.29, 1.82) is 0 Å². The number of furan rings is 2. The molecule has 0 N–H and O–H groups in total. The average molecular weight is 602 g/mol. The highest BCUT2D eigenvalue weighted by Crippen LogP contribution is 2.41. The molecule has 0 aliphatic rings. The molecular formula is C44H27NO2. The van der Waals surface area contributed by atoms with Gasteiger partial charge < -0.3 is 13.7 Å². The second-order valence-electron chi connectivity index (χ2n) is 12.1. The summed E-state index contributed by atoms with van der Waals surface area (Å²) in [7, 11) is 0. The predicted octanol–water partition coefficient (Wildman–Crippen LogP) is 12.9. The predicted molar refractivity (Wildman–Crippen MR) is 196 cm³/mol. The summed E-state index contributed by atoms with van der Waals surface area (Å²) in [6, 6.07) is 57.8. The van der Waals surface area contributed by atoms with Crippen LogP contribution in [0.15, 0.2) is 173 Å². The summed E-state index contributed by atoms with van der Waals surface area (Å²) in [5.41, 5.74) is 9.20. The molecule has 10 aromatic rings. The zero-order chi connectivity index (χ0) is 30.9. The smallest absolute Gasteiger partial charge is 0.143 e. The highest BCUT2D eigenvalue weighted by atomic mass is 16.3. The molecule has 0 amide bonds. The molecule has 220 valence electrons. The fraction of sp³-hybridized carbons (Fsp3) is 0. The van der Waals surface area contributed by atoms with Gasteiger partial charge >= 0.3 is 0 Å². The summed E-state index contributed by atoms with van der Waals surface area (Å²) in [5.74, 6) is 0. The Hall–Kier alpha value is -6.32. The highest BCUT2D eigenvalue weighted by molar-refractivity contribution is 6.16. The van der Waals surface area contributed by atoms with Crippen LogP contribution in [0.4, 0.5) is 17.1 Å². The number of nitrogens with zero attached hydrogens (tertiary/aromatic N) is 1. The topological polar surface area (TPSA) is 29.5 Å². The zero-order valence-electron chi connectivity index (χ0n) is 25.4. The van der Waals surface area contributed by atoms with E-state index >= 15 is 0 Å². The first-order valence-electron chi connectivity index (χ1n) is 15.9. The fourth-order valence-corrected chi connectivity index (χ4v) is 7.15. The minimum Gasteiger partial charge on any atom is -0.455 e. The maximum absolute atomic E-state index is 6.55. The SMILES string of the molecule is c1ccc(N(c2ccc(-c3ccc4c(ccc5c6ccccc6oc45)c3)cc2)c2ccc3c(c2)oc2c4ccccc4ccc32)cc1. The highest BCUT2D eigenvalue weighted by Gasteiger charge is 2.17. The van der Waals surface area contributed by atoms with Crippen LogP contribution in [-0.4, -0.2) is 0 Å². The van der Waals surface area contributed by atoms with E-state index in [1.807, 2.05) is 12.1 Å². The fourth-order valence-electron chi connectivity index (χ4n) is 7.15. The first-order valence-corrected chi connectivity index (χ1v) is 15.9. The van der Waals surface area contributed by atoms with Gasteiger partial charge in [-0.25, -0.2) is 0 Å². The van der Waals surface area contributed by atoms with Crippen LogP contribution in [0.1, 0.15) is 0 Å². The molecule has 0 unspecified atom stereocenters. The van der Waals surface area contributed by atoms with Gasteiger partial charge in [-0.2, -0.15) is 0 Å². The number of benzene rings is 8. The van der Waals surface area contributed by atoms with E-state index in [4.69, 9.17) is 8.83 Å². The summed E-state index contributed by atoms with van der Waals surface area (Å²) in [6.45, 7) is 0. The first kappa shape index (κ1) is 26.0. The molecule has 2 aromatic heterocycles. The molecule has 0 aliphatic carbocycles. The summed E-state index contributed by atoms with van der Waals surface area (Å²) in [4.78, 5) is 2.28. The summed E-state index contributed by atoms with van der Waals surface area (Å²) in [6.07, 6.45) is 0. The maximum Gasteiger partial charge on any atom is 0.143 e. The monoisotopic (exact) mass is 601 g/mol. The van der Waals surface area contributed by atoms with E-state index in [2.05, 4.69) is 157 Å². The lowest BCUT2D eigenvalue weighted by Crippen LogP contribution is -2.09. The van der Waals surface area contributed by atoms with Crippen LogP contribution in [0.3, 0.4) is 0 Å². The van der Waals surface area contributed by atoms with Crippen LogP contribution >= 0.6 is 0 Å². The van der Waals surface area contributed by atoms with E-state index < -0.39 is 0 Å². The number of para-hydroxylation sites is 2. The van der Waals surface area contributed by atoms with E-state index in [9.17, 15) is 0 Å². The molecule has 0 saturated heterocycles. The van der Waals surface area contributed by atoms with Gasteiger partial charge in [0.1, 0.15) is 22.3 Å². The second-order valence-corrected chi connectivity index (χ2v) is 12.1. The van der Waals surface area contributed by atoms with Gasteiger partial charge in [-0.1, -0.05) is 91.0 Å². The molecule has 8 aromatic carbocycles. The van der Waals surface area contributed by atoms with Crippen molar-refractivity contribution in [2.45, 2.75) is 0 Å². The van der Waals surface area contributed by atoms with Crippen molar-refractivity contribution in [3.63, 3.8) is 0 Å². The van der Waals surface area contributed by atoms with E-state index in [0.29, 0.717) is 0 Å². The number of fused-ring (bicyclic) bond motifs is 10. The minimum absolute atomic E-state index is 0.876. The Balaban J connectivity index is 1.06. The maximum atomic E-state index is 6.55. The molecule has 3 heteroatoms. The lowest BCUT2D eigenvalue weighted by molar-refractivity contribution is 0.672. The lowest BCUT2D eigenvalue weighted by Gasteiger charge is -2.25. The van der Waals surface area contributed by atoms with Crippen molar-refractivity contribution in [3.05, 3.63) is 164 Å². The molecule has 3 nitrogen and oxygen atoms in total. The van der Waals surface area contributed by atoms with E-state index in [0.717, 1.165) is 82.7 Å². The van der Waals surface area contributed by atoms with Gasteiger partial charge in [-0.3, -0.25) is 0 Å². The molecule has 0 fully saturated rings. The van der Waals surface area contributed by atoms with Crippen LogP contribution in [0.2, 0.25) is 0 Å². The number of hydrogen-bond acceptors (Lipinski definition) is 3. The zero-order valence-corrected chi connectivity index (χ0v) is 25.4. The van der Waals surface area contributed by atoms with Crippen LogP contribution in [0.25, 0.3) is 76.5 Å². The summed E-state index contributed by atoms with van der Waals surface area (Å²) in [5, 5.41) is 9.17. The molecule has 47 heavy (non-hydrogen) atoms. The molecule has 10 rings (SSSR count). The average Bonchev–Trinajstić information content (AvgIpc) is 3.71. The van der Waals surface area contributed by atoms with Crippen LogP contribution in [-0.2, 0) is 0 Å². The van der Waals surface area contributed by atoms with Gasteiger partial charge in [0.25, 0.3) is 0 Å². The third-order valence-corrected chi connectivity index (χ3v) is 9.44. The summed E-state index contributed by atoms with van der Waals surface area (Å²) >= 11 is 0. The Bertz CT molecular complexity index is 2790. The van der Waals surface area contributed by atoms with Crippen molar-refractivity contribution in [2.24, 2.45) is 0 Å². The molecule has 0 radical (unpaired) electrons. The van der Waals surface area contributed by atoms with Crippen molar-refractivity contribution < 1.29 is 8.83 Å². The van der Waals surface area contributed by atoms with Crippen molar-refractivity contribution in [2.75, 3.05) is 4.90 Å². The standard InChI is InChI=1S/C44H27NO2/c1-2-9-32(10-3-1)45(34-21-25-38-40-23-16-29-8-4-5-11-35(29)43(40)47-42(38)27-34)33-19-14-28(15-20-33)30-17-22-36-31(26-30)18-24-39-37-12-6-7-13-41(37)46-44(36)39/h1-27H. The third kappa shape index (κ3) is 4.07. The van der Waals surface area contributed by atoms with Crippen molar-refractivity contribution in [1.82, 2.24) is 0 Å². The van der Waals surface area contributed by atoms with Gasteiger partial charge in [0.2, 0.25) is 0 Å². The molecule has 0 spiro atoms. The largest absolute Gasteiger partial charge is 0.455 e. The number of hydrogen-bond donors (Lipinski definition) is 0. The Morgan fingerprint density at radius 1 is 0.319 bits per heavy atom. The molecule has 2 heterocycles. The van der Waals surface area contributed by atoms with Gasteiger partial charge in [0, 0.05) is 55.4 Å². The molecule has 0 aliphatic heterocycles. The second kappa shape index (κ2) is 10.1. The molecule has 0 saturated carbocycles. The van der Waals surface area contributed by atoms with Gasteiger partial charge in [-0.05, 0) is 88.6 Å². The van der Waals surface area contributed by atoms with Gasteiger partial charge in [0.05, 0.1) is 0 Å². The van der Waals surface area contributed by atoms with Crippen molar-refractivity contribution >= 4 is 82.5 Å². The summed E-state index contributed by atoms with van der Waals surface area (Å²) < 4.78 is 12.8. The minimum atomic E-state index is 0.876. The Morgan fingerprint density at radius 3 is 1.70 bits per heavy atom. The lowest BCUT2D eigenvalue weighted by atomic mass is 9.99. The number of rotatable bonds is 4. The third-order valence-electron chi connectivity index (χ3n) is 9.44. The molecule has 0 bridgehead atoms. The van der Waals surface area contributed by atoms with Crippen LogP contribution < -0.4 is 4.90 Å². The van der Waals surface area contributed by atoms with Crippen molar-refractivity contribution in [3.8, 4) is 11.1 Å². The van der Waals surface area contributed by atoms with Gasteiger partial charge in [0.15, 0.2) is 0 Å². The Morgan fingerprint density at radius 2 is 0.872 bits per heavy atom. The Kier molecular flexibility index (Phi) is 5.57. The number of anilines is 3. The van der Waals surface area contributed by atoms with E-state index in [1.165, 1.54) is 10.9 Å². The van der Waals surface area contributed by atoms with E-state index in [1.54, 1.807) is 0 Å². The van der Waals surface area contributed by atoms with Crippen LogP contribution in [0, 0.1) is 0 Å². The molecule has 0 atom stereocenters.